The molecule has 2 unspecified atom stereocenters. The monoisotopic (exact) mass is 451 g/mol. The van der Waals surface area contributed by atoms with Gasteiger partial charge < -0.3 is 27.4 Å². The van der Waals surface area contributed by atoms with E-state index >= 15 is 0 Å². The lowest BCUT2D eigenvalue weighted by molar-refractivity contribution is -0.129. The van der Waals surface area contributed by atoms with E-state index in [1.165, 1.54) is 38.5 Å². The number of hydrogen-bond acceptors (Lipinski definition) is 5. The molecule has 0 saturated heterocycles. The third kappa shape index (κ3) is 9.45. The van der Waals surface area contributed by atoms with Crippen molar-refractivity contribution < 1.29 is 14.4 Å². The molecule has 2 rings (SSSR count). The summed E-state index contributed by atoms with van der Waals surface area (Å²) in [4.78, 5) is 36.6. The van der Waals surface area contributed by atoms with Crippen LogP contribution in [0, 0.1) is 23.7 Å². The molecule has 8 heteroatoms. The van der Waals surface area contributed by atoms with Gasteiger partial charge in [-0.1, -0.05) is 52.4 Å². The molecule has 0 aliphatic heterocycles. The number of unbranched alkanes of at least 4 members (excludes halogenated alkanes) is 1. The molecular formula is C24H45N5O3. The summed E-state index contributed by atoms with van der Waals surface area (Å²) in [5.41, 5.74) is 11.0. The quantitative estimate of drug-likeness (QED) is 0.240. The van der Waals surface area contributed by atoms with Crippen LogP contribution in [0.5, 0.6) is 0 Å². The smallest absolute Gasteiger partial charge is 0.240 e. The highest BCUT2D eigenvalue weighted by Gasteiger charge is 2.42. The summed E-state index contributed by atoms with van der Waals surface area (Å²) in [7, 11) is 0. The van der Waals surface area contributed by atoms with Crippen molar-refractivity contribution in [2.75, 3.05) is 19.6 Å². The van der Waals surface area contributed by atoms with Crippen LogP contribution in [0.15, 0.2) is 0 Å². The minimum absolute atomic E-state index is 0.163. The molecule has 184 valence electrons. The second-order valence-corrected chi connectivity index (χ2v) is 10.2. The topological polar surface area (TPSA) is 139 Å². The molecule has 2 saturated carbocycles. The molecule has 7 N–H and O–H groups in total. The minimum Gasteiger partial charge on any atom is -0.368 e. The first-order chi connectivity index (χ1) is 15.3. The van der Waals surface area contributed by atoms with Gasteiger partial charge in [-0.3, -0.25) is 14.4 Å². The highest BCUT2D eigenvalue weighted by atomic mass is 16.2. The predicted octanol–water partition coefficient (Wildman–Crippen LogP) is 1.42. The van der Waals surface area contributed by atoms with Crippen LogP contribution >= 0.6 is 0 Å². The van der Waals surface area contributed by atoms with Crippen LogP contribution in [-0.4, -0.2) is 49.4 Å². The van der Waals surface area contributed by atoms with Crippen LogP contribution < -0.4 is 27.4 Å². The Kier molecular flexibility index (Phi) is 11.4. The third-order valence-electron chi connectivity index (χ3n) is 6.93. The fourth-order valence-corrected chi connectivity index (χ4v) is 5.01. The normalized spacial score (nSPS) is 22.9. The van der Waals surface area contributed by atoms with Gasteiger partial charge in [-0.2, -0.15) is 0 Å². The molecule has 0 bridgehead atoms. The summed E-state index contributed by atoms with van der Waals surface area (Å²) >= 11 is 0. The van der Waals surface area contributed by atoms with Crippen molar-refractivity contribution in [3.63, 3.8) is 0 Å². The first-order valence-electron chi connectivity index (χ1n) is 12.6. The van der Waals surface area contributed by atoms with Gasteiger partial charge in [0.25, 0.3) is 0 Å². The molecule has 0 spiro atoms. The first kappa shape index (κ1) is 26.6. The van der Waals surface area contributed by atoms with Gasteiger partial charge >= 0.3 is 0 Å². The largest absolute Gasteiger partial charge is 0.368 e. The van der Waals surface area contributed by atoms with Crippen molar-refractivity contribution in [1.29, 1.82) is 0 Å². The van der Waals surface area contributed by atoms with Crippen molar-refractivity contribution in [1.82, 2.24) is 16.0 Å². The molecule has 8 nitrogen and oxygen atoms in total. The van der Waals surface area contributed by atoms with Crippen molar-refractivity contribution in [3.8, 4) is 0 Å². The molecule has 0 aromatic carbocycles. The van der Waals surface area contributed by atoms with Crippen molar-refractivity contribution in [2.24, 2.45) is 35.1 Å². The van der Waals surface area contributed by atoms with Gasteiger partial charge in [-0.15, -0.1) is 0 Å². The SMILES string of the molecule is CC(C)C[C@H](NC(=O)CNC(=O)[C@H](CCCCN)NCC1CC1C1CCCCC1)C(N)=O. The van der Waals surface area contributed by atoms with Gasteiger partial charge in [0.1, 0.15) is 6.04 Å². The first-order valence-corrected chi connectivity index (χ1v) is 12.6. The summed E-state index contributed by atoms with van der Waals surface area (Å²) in [6.45, 7) is 5.21. The molecule has 0 radical (unpaired) electrons. The number of rotatable bonds is 15. The van der Waals surface area contributed by atoms with Gasteiger partial charge in [0.2, 0.25) is 17.7 Å². The molecule has 32 heavy (non-hydrogen) atoms. The predicted molar refractivity (Wildman–Crippen MR) is 126 cm³/mol. The Bertz CT molecular complexity index is 606. The molecular weight excluding hydrogens is 406 g/mol. The summed E-state index contributed by atoms with van der Waals surface area (Å²) in [5.74, 6) is 1.43. The van der Waals surface area contributed by atoms with E-state index in [0.717, 1.165) is 31.2 Å². The fourth-order valence-electron chi connectivity index (χ4n) is 5.01. The summed E-state index contributed by atoms with van der Waals surface area (Å²) in [6.07, 6.45) is 11.0. The molecule has 2 fully saturated rings. The van der Waals surface area contributed by atoms with E-state index in [-0.39, 0.29) is 24.4 Å². The van der Waals surface area contributed by atoms with Crippen LogP contribution in [0.25, 0.3) is 0 Å². The summed E-state index contributed by atoms with van der Waals surface area (Å²) < 4.78 is 0. The van der Waals surface area contributed by atoms with Crippen LogP contribution in [0.2, 0.25) is 0 Å². The zero-order valence-electron chi connectivity index (χ0n) is 20.0. The average Bonchev–Trinajstić information content (AvgIpc) is 3.54. The van der Waals surface area contributed by atoms with Crippen LogP contribution in [-0.2, 0) is 14.4 Å². The molecule has 2 aliphatic carbocycles. The number of nitrogens with two attached hydrogens (primary N) is 2. The van der Waals surface area contributed by atoms with E-state index in [0.29, 0.717) is 25.3 Å². The lowest BCUT2D eigenvalue weighted by Gasteiger charge is -2.22. The summed E-state index contributed by atoms with van der Waals surface area (Å²) in [6, 6.07) is -1.05. The van der Waals surface area contributed by atoms with Gasteiger partial charge in [0.05, 0.1) is 12.6 Å². The van der Waals surface area contributed by atoms with E-state index in [9.17, 15) is 14.4 Å². The highest BCUT2D eigenvalue weighted by molar-refractivity contribution is 5.90. The molecule has 0 aromatic heterocycles. The minimum atomic E-state index is -0.718. The number of amides is 3. The maximum absolute atomic E-state index is 12.8. The average molecular weight is 452 g/mol. The Hall–Kier alpha value is -1.67. The van der Waals surface area contributed by atoms with E-state index in [1.54, 1.807) is 0 Å². The van der Waals surface area contributed by atoms with E-state index in [1.807, 2.05) is 13.8 Å². The van der Waals surface area contributed by atoms with E-state index in [2.05, 4.69) is 16.0 Å². The summed E-state index contributed by atoms with van der Waals surface area (Å²) in [5, 5.41) is 8.82. The Balaban J connectivity index is 1.77. The van der Waals surface area contributed by atoms with Crippen LogP contribution in [0.4, 0.5) is 0 Å². The van der Waals surface area contributed by atoms with E-state index < -0.39 is 17.9 Å². The second-order valence-electron chi connectivity index (χ2n) is 10.2. The molecule has 0 heterocycles. The number of carbonyl (C=O) groups excluding carboxylic acids is 3. The zero-order chi connectivity index (χ0) is 23.5. The van der Waals surface area contributed by atoms with Crippen molar-refractivity contribution in [3.05, 3.63) is 0 Å². The second kappa shape index (κ2) is 13.8. The Labute approximate surface area is 193 Å². The molecule has 4 atom stereocenters. The third-order valence-corrected chi connectivity index (χ3v) is 6.93. The van der Waals surface area contributed by atoms with Crippen LogP contribution in [0.3, 0.4) is 0 Å². The van der Waals surface area contributed by atoms with Crippen molar-refractivity contribution >= 4 is 17.7 Å². The Morgan fingerprint density at radius 2 is 1.75 bits per heavy atom. The Morgan fingerprint density at radius 1 is 1.03 bits per heavy atom. The van der Waals surface area contributed by atoms with Crippen molar-refractivity contribution in [2.45, 2.75) is 90.1 Å². The molecule has 2 aliphatic rings. The number of primary amides is 1. The van der Waals surface area contributed by atoms with Gasteiger partial charge in [0, 0.05) is 0 Å². The van der Waals surface area contributed by atoms with Gasteiger partial charge in [-0.05, 0) is 62.4 Å². The Morgan fingerprint density at radius 3 is 2.38 bits per heavy atom. The lowest BCUT2D eigenvalue weighted by atomic mass is 9.85. The maximum Gasteiger partial charge on any atom is 0.240 e. The zero-order valence-corrected chi connectivity index (χ0v) is 20.0. The van der Waals surface area contributed by atoms with Gasteiger partial charge in [0.15, 0.2) is 0 Å². The lowest BCUT2D eigenvalue weighted by Crippen LogP contribution is -2.51. The maximum atomic E-state index is 12.8. The van der Waals surface area contributed by atoms with E-state index in [4.69, 9.17) is 11.5 Å². The number of carbonyl (C=O) groups is 3. The highest BCUT2D eigenvalue weighted by Crippen LogP contribution is 2.48. The van der Waals surface area contributed by atoms with Gasteiger partial charge in [-0.25, -0.2) is 0 Å². The molecule has 0 aromatic rings. The molecule has 3 amide bonds. The van der Waals surface area contributed by atoms with Crippen LogP contribution in [0.1, 0.15) is 78.1 Å². The number of hydrogen-bond donors (Lipinski definition) is 5. The fraction of sp³-hybridized carbons (Fsp3) is 0.875. The standard InChI is InChI=1S/C24H45N5O3/c1-16(2)12-21(23(26)31)29-22(30)15-28-24(32)20(10-6-7-11-25)27-14-18-13-19(18)17-8-4-3-5-9-17/h16-21,27H,3-15,25H2,1-2H3,(H2,26,31)(H,28,32)(H,29,30)/t18?,19?,20-,21-/m0/s1. The number of nitrogens with one attached hydrogen (secondary N) is 3.